The van der Waals surface area contributed by atoms with Gasteiger partial charge in [-0.3, -0.25) is 4.79 Å². The highest BCUT2D eigenvalue weighted by Crippen LogP contribution is 2.30. The predicted molar refractivity (Wildman–Crippen MR) is 73.2 cm³/mol. The number of hydrogen-bond acceptors (Lipinski definition) is 4. The molecule has 0 radical (unpaired) electrons. The van der Waals surface area contributed by atoms with Crippen LogP contribution in [0.1, 0.15) is 19.4 Å². The summed E-state index contributed by atoms with van der Waals surface area (Å²) >= 11 is 0. The Bertz CT molecular complexity index is 536. The molecule has 2 atom stereocenters. The van der Waals surface area contributed by atoms with Gasteiger partial charge >= 0.3 is 0 Å². The molecule has 1 heterocycles. The Morgan fingerprint density at radius 1 is 1.47 bits per heavy atom. The second-order valence-corrected chi connectivity index (χ2v) is 4.83. The molecule has 19 heavy (non-hydrogen) atoms. The minimum Gasteiger partial charge on any atom is -0.469 e. The van der Waals surface area contributed by atoms with Gasteiger partial charge < -0.3 is 9.84 Å². The third-order valence-corrected chi connectivity index (χ3v) is 3.25. The smallest absolute Gasteiger partial charge is 0.217 e. The normalized spacial score (nSPS) is 25.6. The molecule has 2 rings (SSSR count). The van der Waals surface area contributed by atoms with Gasteiger partial charge in [-0.05, 0) is 31.6 Å². The van der Waals surface area contributed by atoms with Gasteiger partial charge in [0.25, 0.3) is 0 Å². The molecule has 1 N–H and O–H groups in total. The van der Waals surface area contributed by atoms with Crippen molar-refractivity contribution < 1.29 is 14.6 Å². The number of rotatable bonds is 4. The number of carbonyl (C=O) groups excluding carboxylic acids is 1. The van der Waals surface area contributed by atoms with E-state index in [1.54, 1.807) is 13.8 Å². The van der Waals surface area contributed by atoms with Crippen molar-refractivity contribution in [2.75, 3.05) is 6.61 Å². The standard InChI is InChI=1S/C15H17NO3/c1-10(2)13(18)15(3)12(9-17)19-14(16-15)11-7-5-4-6-8-11/h4-8,12,17H,1,9H2,2-3H3. The fourth-order valence-electron chi connectivity index (χ4n) is 2.12. The second kappa shape index (κ2) is 4.97. The Morgan fingerprint density at radius 2 is 2.11 bits per heavy atom. The molecule has 0 aromatic heterocycles. The van der Waals surface area contributed by atoms with Crippen molar-refractivity contribution in [2.24, 2.45) is 4.99 Å². The SMILES string of the molecule is C=C(C)C(=O)C1(C)N=C(c2ccccc2)OC1CO. The summed E-state index contributed by atoms with van der Waals surface area (Å²) in [5.74, 6) is 0.175. The summed E-state index contributed by atoms with van der Waals surface area (Å²) in [5, 5.41) is 9.42. The minimum absolute atomic E-state index is 0.211. The molecule has 4 heteroatoms. The summed E-state index contributed by atoms with van der Waals surface area (Å²) in [6, 6.07) is 9.33. The molecule has 0 fully saturated rings. The molecule has 1 aromatic rings. The second-order valence-electron chi connectivity index (χ2n) is 4.83. The number of ketones is 1. The zero-order valence-corrected chi connectivity index (χ0v) is 11.1. The van der Waals surface area contributed by atoms with E-state index in [9.17, 15) is 9.90 Å². The van der Waals surface area contributed by atoms with Crippen LogP contribution in [0.25, 0.3) is 0 Å². The number of Topliss-reactive ketones (excluding diaryl/α,β-unsaturated/α-hetero) is 1. The fraction of sp³-hybridized carbons (Fsp3) is 0.333. The van der Waals surface area contributed by atoms with Crippen LogP contribution in [0.4, 0.5) is 0 Å². The van der Waals surface area contributed by atoms with E-state index in [0.717, 1.165) is 5.56 Å². The van der Waals surface area contributed by atoms with E-state index in [1.807, 2.05) is 30.3 Å². The zero-order chi connectivity index (χ0) is 14.0. The van der Waals surface area contributed by atoms with E-state index in [0.29, 0.717) is 11.5 Å². The molecule has 0 aliphatic carbocycles. The van der Waals surface area contributed by atoms with Crippen LogP contribution in [-0.4, -0.2) is 35.0 Å². The highest BCUT2D eigenvalue weighted by Gasteiger charge is 2.48. The van der Waals surface area contributed by atoms with Crippen molar-refractivity contribution in [2.45, 2.75) is 25.5 Å². The molecule has 1 aliphatic rings. The third kappa shape index (κ3) is 2.31. The topological polar surface area (TPSA) is 58.9 Å². The molecule has 100 valence electrons. The van der Waals surface area contributed by atoms with Gasteiger partial charge in [0.15, 0.2) is 17.4 Å². The highest BCUT2D eigenvalue weighted by molar-refractivity contribution is 6.07. The molecule has 1 aliphatic heterocycles. The van der Waals surface area contributed by atoms with E-state index in [-0.39, 0.29) is 12.4 Å². The number of nitrogens with zero attached hydrogens (tertiary/aromatic N) is 1. The first kappa shape index (κ1) is 13.5. The van der Waals surface area contributed by atoms with Gasteiger partial charge in [-0.25, -0.2) is 4.99 Å². The van der Waals surface area contributed by atoms with Crippen LogP contribution in [-0.2, 0) is 9.53 Å². The average Bonchev–Trinajstić information content (AvgIpc) is 2.77. The first-order valence-electron chi connectivity index (χ1n) is 6.12. The molecule has 0 saturated heterocycles. The molecule has 0 spiro atoms. The summed E-state index contributed by atoms with van der Waals surface area (Å²) < 4.78 is 5.62. The number of aliphatic hydroxyl groups excluding tert-OH is 1. The number of ether oxygens (including phenoxy) is 1. The van der Waals surface area contributed by atoms with Crippen LogP contribution in [0.2, 0.25) is 0 Å². The molecule has 0 saturated carbocycles. The predicted octanol–water partition coefficient (Wildman–Crippen LogP) is 1.73. The van der Waals surface area contributed by atoms with E-state index in [1.165, 1.54) is 0 Å². The van der Waals surface area contributed by atoms with Crippen molar-refractivity contribution in [1.29, 1.82) is 0 Å². The molecule has 0 amide bonds. The van der Waals surface area contributed by atoms with Crippen molar-refractivity contribution in [1.82, 2.24) is 0 Å². The van der Waals surface area contributed by atoms with Gasteiger partial charge in [0.1, 0.15) is 0 Å². The van der Waals surface area contributed by atoms with Crippen LogP contribution in [0.5, 0.6) is 0 Å². The third-order valence-electron chi connectivity index (χ3n) is 3.25. The summed E-state index contributed by atoms with van der Waals surface area (Å²) in [7, 11) is 0. The molecular formula is C15H17NO3. The molecule has 1 aromatic carbocycles. The van der Waals surface area contributed by atoms with Gasteiger partial charge in [-0.1, -0.05) is 24.8 Å². The Hall–Kier alpha value is -1.94. The molecule has 2 unspecified atom stereocenters. The molecular weight excluding hydrogens is 242 g/mol. The lowest BCUT2D eigenvalue weighted by molar-refractivity contribution is -0.122. The Labute approximate surface area is 112 Å². The van der Waals surface area contributed by atoms with Gasteiger partial charge in [-0.15, -0.1) is 0 Å². The molecule has 0 bridgehead atoms. The minimum atomic E-state index is -1.11. The fourth-order valence-corrected chi connectivity index (χ4v) is 2.12. The maximum absolute atomic E-state index is 12.2. The zero-order valence-electron chi connectivity index (χ0n) is 11.1. The van der Waals surface area contributed by atoms with Crippen LogP contribution in [0, 0.1) is 0 Å². The number of carbonyl (C=O) groups is 1. The largest absolute Gasteiger partial charge is 0.469 e. The van der Waals surface area contributed by atoms with Gasteiger partial charge in [0.2, 0.25) is 5.90 Å². The lowest BCUT2D eigenvalue weighted by Crippen LogP contribution is -2.45. The molecule has 4 nitrogen and oxygen atoms in total. The Morgan fingerprint density at radius 3 is 2.63 bits per heavy atom. The Balaban J connectivity index is 2.40. The monoisotopic (exact) mass is 259 g/mol. The van der Waals surface area contributed by atoms with Crippen molar-refractivity contribution in [3.8, 4) is 0 Å². The van der Waals surface area contributed by atoms with Crippen LogP contribution in [0.15, 0.2) is 47.5 Å². The van der Waals surface area contributed by atoms with E-state index in [4.69, 9.17) is 4.74 Å². The highest BCUT2D eigenvalue weighted by atomic mass is 16.5. The average molecular weight is 259 g/mol. The summed E-state index contributed by atoms with van der Waals surface area (Å²) in [4.78, 5) is 16.6. The van der Waals surface area contributed by atoms with Crippen LogP contribution >= 0.6 is 0 Å². The van der Waals surface area contributed by atoms with Gasteiger partial charge in [0.05, 0.1) is 6.61 Å². The lowest BCUT2D eigenvalue weighted by atomic mass is 9.88. The summed E-state index contributed by atoms with van der Waals surface area (Å²) in [6.07, 6.45) is -0.674. The van der Waals surface area contributed by atoms with E-state index < -0.39 is 11.6 Å². The number of hydrogen-bond donors (Lipinski definition) is 1. The van der Waals surface area contributed by atoms with E-state index in [2.05, 4.69) is 11.6 Å². The van der Waals surface area contributed by atoms with Crippen molar-refractivity contribution in [3.05, 3.63) is 48.0 Å². The maximum atomic E-state index is 12.2. The van der Waals surface area contributed by atoms with Crippen molar-refractivity contribution >= 4 is 11.7 Å². The van der Waals surface area contributed by atoms with E-state index >= 15 is 0 Å². The quantitative estimate of drug-likeness (QED) is 0.838. The first-order chi connectivity index (χ1) is 8.99. The first-order valence-corrected chi connectivity index (χ1v) is 6.12. The number of benzene rings is 1. The summed E-state index contributed by atoms with van der Waals surface area (Å²) in [5.41, 5.74) is 0.0907. The van der Waals surface area contributed by atoms with Crippen molar-refractivity contribution in [3.63, 3.8) is 0 Å². The number of aliphatic hydroxyl groups is 1. The van der Waals surface area contributed by atoms with Crippen LogP contribution in [0.3, 0.4) is 0 Å². The summed E-state index contributed by atoms with van der Waals surface area (Å²) in [6.45, 7) is 6.69. The maximum Gasteiger partial charge on any atom is 0.217 e. The van der Waals surface area contributed by atoms with Gasteiger partial charge in [0, 0.05) is 5.56 Å². The van der Waals surface area contributed by atoms with Crippen LogP contribution < -0.4 is 0 Å². The number of aliphatic imine (C=N–C) groups is 1. The lowest BCUT2D eigenvalue weighted by Gasteiger charge is -2.24. The van der Waals surface area contributed by atoms with Gasteiger partial charge in [-0.2, -0.15) is 0 Å². The Kier molecular flexibility index (Phi) is 3.53.